The van der Waals surface area contributed by atoms with Crippen molar-refractivity contribution in [3.8, 4) is 0 Å². The molecule has 1 amide bonds. The Balaban J connectivity index is 4.07. The third-order valence-electron chi connectivity index (χ3n) is 1.15. The third kappa shape index (κ3) is 7.46. The molecule has 0 heterocycles. The van der Waals surface area contributed by atoms with Gasteiger partial charge in [-0.15, -0.1) is 0 Å². The van der Waals surface area contributed by atoms with E-state index >= 15 is 0 Å². The number of hydrogen-bond donors (Lipinski definition) is 1. The van der Waals surface area contributed by atoms with Crippen LogP contribution >= 0.6 is 0 Å². The van der Waals surface area contributed by atoms with Gasteiger partial charge in [-0.2, -0.15) is 4.99 Å². The van der Waals surface area contributed by atoms with Gasteiger partial charge in [-0.25, -0.2) is 4.79 Å². The molecule has 0 rings (SSSR count). The summed E-state index contributed by atoms with van der Waals surface area (Å²) in [6.45, 7) is 7.02. The van der Waals surface area contributed by atoms with Gasteiger partial charge >= 0.3 is 6.09 Å². The zero-order chi connectivity index (χ0) is 10.5. The van der Waals surface area contributed by atoms with Crippen LogP contribution in [0.1, 0.15) is 34.1 Å². The van der Waals surface area contributed by atoms with Crippen LogP contribution in [0.5, 0.6) is 0 Å². The second kappa shape index (κ2) is 4.97. The normalized spacial score (nSPS) is 12.8. The highest BCUT2D eigenvalue weighted by molar-refractivity contribution is 5.91. The molecule has 0 atom stereocenters. The van der Waals surface area contributed by atoms with Crippen LogP contribution in [0.4, 0.5) is 4.79 Å². The van der Waals surface area contributed by atoms with E-state index in [-0.39, 0.29) is 6.61 Å². The lowest BCUT2D eigenvalue weighted by Crippen LogP contribution is -2.22. The molecule has 4 nitrogen and oxygen atoms in total. The van der Waals surface area contributed by atoms with Crippen molar-refractivity contribution in [1.82, 2.24) is 0 Å². The lowest BCUT2D eigenvalue weighted by atomic mass is 10.2. The molecule has 0 radical (unpaired) electrons. The lowest BCUT2D eigenvalue weighted by molar-refractivity contribution is 0.0604. The SMILES string of the molecule is C/C(CCO)=N\C(=O)OC(C)(C)C. The van der Waals surface area contributed by atoms with Crippen molar-refractivity contribution >= 4 is 11.8 Å². The highest BCUT2D eigenvalue weighted by atomic mass is 16.6. The first kappa shape index (κ1) is 12.1. The highest BCUT2D eigenvalue weighted by Crippen LogP contribution is 2.08. The van der Waals surface area contributed by atoms with Gasteiger partial charge in [-0.1, -0.05) is 0 Å². The number of hydrogen-bond acceptors (Lipinski definition) is 3. The van der Waals surface area contributed by atoms with Crippen molar-refractivity contribution in [2.75, 3.05) is 6.61 Å². The molecule has 0 spiro atoms. The number of nitrogens with zero attached hydrogens (tertiary/aromatic N) is 1. The Morgan fingerprint density at radius 2 is 2.00 bits per heavy atom. The van der Waals surface area contributed by atoms with Crippen molar-refractivity contribution in [2.45, 2.75) is 39.7 Å². The average Bonchev–Trinajstić information content (AvgIpc) is 1.81. The largest absolute Gasteiger partial charge is 0.442 e. The van der Waals surface area contributed by atoms with E-state index in [1.165, 1.54) is 0 Å². The first-order valence-electron chi connectivity index (χ1n) is 4.23. The number of ether oxygens (including phenoxy) is 1. The first-order valence-corrected chi connectivity index (χ1v) is 4.23. The van der Waals surface area contributed by atoms with Crippen LogP contribution in [-0.2, 0) is 4.74 Å². The number of aliphatic hydroxyl groups excluding tert-OH is 1. The predicted octanol–water partition coefficient (Wildman–Crippen LogP) is 1.76. The number of aliphatic hydroxyl groups is 1. The Hall–Kier alpha value is -0.900. The number of carbonyl (C=O) groups is 1. The van der Waals surface area contributed by atoms with Crippen molar-refractivity contribution in [1.29, 1.82) is 0 Å². The van der Waals surface area contributed by atoms with E-state index in [0.29, 0.717) is 12.1 Å². The molecule has 13 heavy (non-hydrogen) atoms. The van der Waals surface area contributed by atoms with E-state index in [2.05, 4.69) is 4.99 Å². The van der Waals surface area contributed by atoms with Gasteiger partial charge in [0.2, 0.25) is 0 Å². The van der Waals surface area contributed by atoms with Gasteiger partial charge in [0.1, 0.15) is 5.60 Å². The topological polar surface area (TPSA) is 58.9 Å². The Bertz CT molecular complexity index is 203. The molecule has 0 aliphatic heterocycles. The number of rotatable bonds is 2. The van der Waals surface area contributed by atoms with Crippen LogP contribution in [0, 0.1) is 0 Å². The minimum absolute atomic E-state index is 0.00185. The lowest BCUT2D eigenvalue weighted by Gasteiger charge is -2.17. The number of aliphatic imine (C=N–C) groups is 1. The molecular formula is C9H17NO3. The first-order chi connectivity index (χ1) is 5.85. The molecule has 76 valence electrons. The van der Waals surface area contributed by atoms with Gasteiger partial charge in [-0.3, -0.25) is 0 Å². The summed E-state index contributed by atoms with van der Waals surface area (Å²) in [5.74, 6) is 0. The van der Waals surface area contributed by atoms with Crippen LogP contribution in [-0.4, -0.2) is 29.1 Å². The Morgan fingerprint density at radius 3 is 2.38 bits per heavy atom. The maximum absolute atomic E-state index is 11.1. The van der Waals surface area contributed by atoms with Crippen molar-refractivity contribution in [3.05, 3.63) is 0 Å². The van der Waals surface area contributed by atoms with Crippen LogP contribution in [0.25, 0.3) is 0 Å². The monoisotopic (exact) mass is 187 g/mol. The summed E-state index contributed by atoms with van der Waals surface area (Å²) in [6.07, 6.45) is -0.197. The van der Waals surface area contributed by atoms with E-state index in [0.717, 1.165) is 0 Å². The number of carbonyl (C=O) groups excluding carboxylic acids is 1. The summed E-state index contributed by atoms with van der Waals surface area (Å²) >= 11 is 0. The average molecular weight is 187 g/mol. The van der Waals surface area contributed by atoms with Crippen LogP contribution < -0.4 is 0 Å². The maximum Gasteiger partial charge on any atom is 0.434 e. The van der Waals surface area contributed by atoms with Gasteiger partial charge in [0.15, 0.2) is 0 Å². The molecule has 0 saturated heterocycles. The molecule has 1 N–H and O–H groups in total. The van der Waals surface area contributed by atoms with Crippen molar-refractivity contribution < 1.29 is 14.6 Å². The predicted molar refractivity (Wildman–Crippen MR) is 51.0 cm³/mol. The van der Waals surface area contributed by atoms with Gasteiger partial charge in [0, 0.05) is 18.7 Å². The molecule has 0 fully saturated rings. The molecule has 0 aromatic rings. The van der Waals surface area contributed by atoms with E-state index in [4.69, 9.17) is 9.84 Å². The summed E-state index contributed by atoms with van der Waals surface area (Å²) < 4.78 is 4.95. The molecular weight excluding hydrogens is 170 g/mol. The zero-order valence-corrected chi connectivity index (χ0v) is 8.63. The van der Waals surface area contributed by atoms with E-state index in [1.54, 1.807) is 27.7 Å². The maximum atomic E-state index is 11.1. The third-order valence-corrected chi connectivity index (χ3v) is 1.15. The van der Waals surface area contributed by atoms with E-state index < -0.39 is 11.7 Å². The van der Waals surface area contributed by atoms with Crippen molar-refractivity contribution in [3.63, 3.8) is 0 Å². The Kier molecular flexibility index (Phi) is 4.62. The second-order valence-corrected chi connectivity index (χ2v) is 3.80. The molecule has 0 aromatic carbocycles. The molecule has 0 aliphatic rings. The summed E-state index contributed by atoms with van der Waals surface area (Å²) in [7, 11) is 0. The molecule has 0 bridgehead atoms. The van der Waals surface area contributed by atoms with Gasteiger partial charge in [0.05, 0.1) is 0 Å². The minimum atomic E-state index is -0.599. The van der Waals surface area contributed by atoms with Crippen molar-refractivity contribution in [2.24, 2.45) is 4.99 Å². The molecule has 0 aliphatic carbocycles. The standard InChI is InChI=1S/C9H17NO3/c1-7(5-6-11)10-8(12)13-9(2,3)4/h11H,5-6H2,1-4H3/b10-7+. The summed E-state index contributed by atoms with van der Waals surface area (Å²) in [6, 6.07) is 0. The summed E-state index contributed by atoms with van der Waals surface area (Å²) in [5, 5.41) is 8.55. The minimum Gasteiger partial charge on any atom is -0.442 e. The molecule has 4 heteroatoms. The van der Waals surface area contributed by atoms with Gasteiger partial charge < -0.3 is 9.84 Å². The smallest absolute Gasteiger partial charge is 0.434 e. The van der Waals surface area contributed by atoms with Crippen LogP contribution in [0.2, 0.25) is 0 Å². The fraction of sp³-hybridized carbons (Fsp3) is 0.778. The summed E-state index contributed by atoms with van der Waals surface area (Å²) in [4.78, 5) is 14.7. The van der Waals surface area contributed by atoms with Crippen LogP contribution in [0.3, 0.4) is 0 Å². The summed E-state index contributed by atoms with van der Waals surface area (Å²) in [5.41, 5.74) is 0.0665. The molecule has 0 unspecified atom stereocenters. The Morgan fingerprint density at radius 1 is 1.46 bits per heavy atom. The molecule has 0 saturated carbocycles. The quantitative estimate of drug-likeness (QED) is 0.670. The highest BCUT2D eigenvalue weighted by Gasteiger charge is 2.15. The Labute approximate surface area is 78.6 Å². The van der Waals surface area contributed by atoms with Crippen LogP contribution in [0.15, 0.2) is 4.99 Å². The molecule has 0 aromatic heterocycles. The fourth-order valence-electron chi connectivity index (χ4n) is 0.658. The zero-order valence-electron chi connectivity index (χ0n) is 8.63. The van der Waals surface area contributed by atoms with E-state index in [9.17, 15) is 4.79 Å². The van der Waals surface area contributed by atoms with Gasteiger partial charge in [0.25, 0.3) is 0 Å². The van der Waals surface area contributed by atoms with Gasteiger partial charge in [-0.05, 0) is 27.7 Å². The fourth-order valence-corrected chi connectivity index (χ4v) is 0.658. The number of amides is 1. The second-order valence-electron chi connectivity index (χ2n) is 3.80. The van der Waals surface area contributed by atoms with E-state index in [1.807, 2.05) is 0 Å².